The van der Waals surface area contributed by atoms with Crippen LogP contribution in [0.3, 0.4) is 0 Å². The molecular formula is C72H72O6. The minimum atomic E-state index is -0.129. The summed E-state index contributed by atoms with van der Waals surface area (Å²) in [6.45, 7) is 20.7. The lowest BCUT2D eigenvalue weighted by atomic mass is 9.61. The molecule has 0 saturated carbocycles. The number of fused-ring (bicyclic) bond motifs is 8. The SMILES string of the molecule is CCCCOc1c2cc(C(C)(C)C)cc1COc1ccc3c(c1)C1c4ccccc4C3c3ccc(cc31)OCc1cc(C(C)(C)C)cc(c1OCCCC)COc1ccc3c(c1)C1c4ccccc4C3c3ccc(cc31)OC2. The average Bonchev–Trinajstić information content (AvgIpc) is 3.10. The van der Waals surface area contributed by atoms with E-state index < -0.39 is 0 Å². The Morgan fingerprint density at radius 1 is 0.346 bits per heavy atom. The van der Waals surface area contributed by atoms with Crippen molar-refractivity contribution in [3.05, 3.63) is 246 Å². The Hall–Kier alpha value is -7.44. The zero-order valence-corrected chi connectivity index (χ0v) is 46.7. The first-order valence-electron chi connectivity index (χ1n) is 28.7. The summed E-state index contributed by atoms with van der Waals surface area (Å²) in [5.74, 6) is 5.31. The van der Waals surface area contributed by atoms with Gasteiger partial charge in [0.2, 0.25) is 0 Å². The largest absolute Gasteiger partial charge is 0.493 e. The zero-order chi connectivity index (χ0) is 53.5. The smallest absolute Gasteiger partial charge is 0.132 e. The lowest BCUT2D eigenvalue weighted by Gasteiger charge is -2.42. The maximum absolute atomic E-state index is 6.97. The first-order chi connectivity index (χ1) is 37.8. The van der Waals surface area contributed by atoms with Crippen LogP contribution in [-0.4, -0.2) is 13.2 Å². The molecule has 7 aliphatic rings. The molecule has 6 heteroatoms. The van der Waals surface area contributed by atoms with Crippen molar-refractivity contribution in [3.8, 4) is 34.5 Å². The molecule has 1 heterocycles. The van der Waals surface area contributed by atoms with Gasteiger partial charge < -0.3 is 28.4 Å². The van der Waals surface area contributed by atoms with Crippen molar-refractivity contribution in [2.45, 2.75) is 142 Å². The molecule has 6 aliphatic carbocycles. The normalized spacial score (nSPS) is 18.3. The van der Waals surface area contributed by atoms with Gasteiger partial charge in [0, 0.05) is 45.9 Å². The number of benzene rings is 8. The monoisotopic (exact) mass is 1030 g/mol. The minimum absolute atomic E-state index is 0.0198. The molecule has 78 heavy (non-hydrogen) atoms. The Kier molecular flexibility index (Phi) is 12.7. The quantitative estimate of drug-likeness (QED) is 0.141. The van der Waals surface area contributed by atoms with Crippen LogP contribution < -0.4 is 28.4 Å². The predicted octanol–water partition coefficient (Wildman–Crippen LogP) is 17.2. The average molecular weight is 1030 g/mol. The van der Waals surface area contributed by atoms with Gasteiger partial charge in [-0.3, -0.25) is 0 Å². The van der Waals surface area contributed by atoms with E-state index >= 15 is 0 Å². The summed E-state index contributed by atoms with van der Waals surface area (Å²) in [4.78, 5) is 0. The van der Waals surface area contributed by atoms with Gasteiger partial charge >= 0.3 is 0 Å². The molecule has 0 amide bonds. The van der Waals surface area contributed by atoms with Gasteiger partial charge in [-0.2, -0.15) is 0 Å². The second kappa shape index (κ2) is 19.8. The van der Waals surface area contributed by atoms with Gasteiger partial charge in [-0.15, -0.1) is 0 Å². The third kappa shape index (κ3) is 8.80. The summed E-state index contributed by atoms with van der Waals surface area (Å²) in [6, 6.07) is 54.2. The van der Waals surface area contributed by atoms with Gasteiger partial charge in [-0.25, -0.2) is 0 Å². The van der Waals surface area contributed by atoms with Crippen LogP contribution in [-0.2, 0) is 37.3 Å². The van der Waals surface area contributed by atoms with Gasteiger partial charge in [-0.05, 0) is 174 Å². The van der Waals surface area contributed by atoms with E-state index in [0.717, 1.165) is 82.4 Å². The number of hydrogen-bond donors (Lipinski definition) is 0. The molecule has 0 unspecified atom stereocenters. The van der Waals surface area contributed by atoms with Crippen molar-refractivity contribution in [3.63, 3.8) is 0 Å². The molecule has 0 fully saturated rings. The molecule has 396 valence electrons. The van der Waals surface area contributed by atoms with E-state index in [2.05, 4.69) is 201 Å². The molecular weight excluding hydrogens is 961 g/mol. The summed E-state index contributed by atoms with van der Waals surface area (Å²) in [5, 5.41) is 0. The van der Waals surface area contributed by atoms with Gasteiger partial charge in [0.25, 0.3) is 0 Å². The molecule has 1 aliphatic heterocycles. The van der Waals surface area contributed by atoms with Crippen molar-refractivity contribution < 1.29 is 28.4 Å². The Balaban J connectivity index is 0.949. The van der Waals surface area contributed by atoms with E-state index in [4.69, 9.17) is 28.4 Å². The standard InChI is InChI=1S/C72H72O6/c1-9-11-29-73-69-43-31-47(71(3,4)5)32-44(69)40-76-50-22-26-58-62(36-50)68-56-20-16-14-18-54(56)66(58)60-28-24-52(38-64(60)68)78-42-46-34-48(72(6,7)8)33-45(70(46)74-30-12-10-2)41-77-51-23-27-59-63(37-51)67-55-19-15-13-17-53(55)65(59)57-25-21-49(75-39-43)35-61(57)67/h13-28,31-38,65-68H,9-12,29-30,39-42H2,1-8H3. The Bertz CT molecular complexity index is 3230. The molecule has 8 aromatic carbocycles. The summed E-state index contributed by atoms with van der Waals surface area (Å²) >= 11 is 0. The summed E-state index contributed by atoms with van der Waals surface area (Å²) in [7, 11) is 0. The molecule has 0 saturated heterocycles. The fourth-order valence-corrected chi connectivity index (χ4v) is 13.2. The highest BCUT2D eigenvalue weighted by molar-refractivity contribution is 5.71. The highest BCUT2D eigenvalue weighted by Crippen LogP contribution is 2.59. The predicted molar refractivity (Wildman–Crippen MR) is 311 cm³/mol. The zero-order valence-electron chi connectivity index (χ0n) is 46.7. The van der Waals surface area contributed by atoms with Crippen LogP contribution in [0.25, 0.3) is 0 Å². The van der Waals surface area contributed by atoms with E-state index in [-0.39, 0.29) is 34.5 Å². The highest BCUT2D eigenvalue weighted by Gasteiger charge is 2.43. The summed E-state index contributed by atoms with van der Waals surface area (Å²) in [6.07, 6.45) is 3.97. The van der Waals surface area contributed by atoms with Crippen LogP contribution in [0.4, 0.5) is 0 Å². The minimum Gasteiger partial charge on any atom is -0.493 e. The van der Waals surface area contributed by atoms with Crippen molar-refractivity contribution in [2.24, 2.45) is 0 Å². The van der Waals surface area contributed by atoms with Gasteiger partial charge in [-0.1, -0.05) is 141 Å². The van der Waals surface area contributed by atoms with Gasteiger partial charge in [0.05, 0.1) is 13.2 Å². The van der Waals surface area contributed by atoms with E-state index in [0.29, 0.717) is 39.6 Å². The number of hydrogen-bond acceptors (Lipinski definition) is 6. The molecule has 6 nitrogen and oxygen atoms in total. The van der Waals surface area contributed by atoms with Crippen LogP contribution in [0.15, 0.2) is 146 Å². The molecule has 15 rings (SSSR count). The summed E-state index contributed by atoms with van der Waals surface area (Å²) in [5.41, 5.74) is 22.1. The molecule has 8 aromatic rings. The number of rotatable bonds is 8. The number of unbranched alkanes of at least 4 members (excludes halogenated alkanes) is 2. The maximum atomic E-state index is 6.97. The van der Waals surface area contributed by atoms with Gasteiger partial charge in [0.1, 0.15) is 60.9 Å². The van der Waals surface area contributed by atoms with Gasteiger partial charge in [0.15, 0.2) is 0 Å². The first kappa shape index (κ1) is 50.1. The van der Waals surface area contributed by atoms with E-state index in [1.54, 1.807) is 0 Å². The molecule has 0 radical (unpaired) electrons. The second-order valence-electron chi connectivity index (χ2n) is 24.5. The summed E-state index contributed by atoms with van der Waals surface area (Å²) < 4.78 is 41.5. The Labute approximate surface area is 461 Å². The second-order valence-corrected chi connectivity index (χ2v) is 24.5. The lowest BCUT2D eigenvalue weighted by molar-refractivity contribution is 0.259. The molecule has 0 N–H and O–H groups in total. The van der Waals surface area contributed by atoms with Crippen LogP contribution in [0, 0.1) is 0 Å². The Morgan fingerprint density at radius 3 is 0.859 bits per heavy atom. The molecule has 0 spiro atoms. The van der Waals surface area contributed by atoms with E-state index in [9.17, 15) is 0 Å². The van der Waals surface area contributed by atoms with Crippen LogP contribution in [0.1, 0.15) is 205 Å². The third-order valence-electron chi connectivity index (χ3n) is 17.2. The van der Waals surface area contributed by atoms with Crippen molar-refractivity contribution in [1.82, 2.24) is 0 Å². The van der Waals surface area contributed by atoms with Crippen LogP contribution in [0.5, 0.6) is 34.5 Å². The molecule has 0 atom stereocenters. The van der Waals surface area contributed by atoms with E-state index in [1.165, 1.54) is 77.9 Å². The van der Waals surface area contributed by atoms with Crippen molar-refractivity contribution in [1.29, 1.82) is 0 Å². The highest BCUT2D eigenvalue weighted by atomic mass is 16.5. The fraction of sp³-hybridized carbons (Fsp3) is 0.333. The van der Waals surface area contributed by atoms with Crippen LogP contribution >= 0.6 is 0 Å². The topological polar surface area (TPSA) is 55.4 Å². The number of ether oxygens (including phenoxy) is 6. The molecule has 0 aromatic heterocycles. The first-order valence-corrected chi connectivity index (χ1v) is 28.7. The van der Waals surface area contributed by atoms with E-state index in [1.807, 2.05) is 0 Å². The van der Waals surface area contributed by atoms with Crippen molar-refractivity contribution >= 4 is 0 Å². The van der Waals surface area contributed by atoms with Crippen molar-refractivity contribution in [2.75, 3.05) is 13.2 Å². The fourth-order valence-electron chi connectivity index (χ4n) is 13.2. The lowest BCUT2D eigenvalue weighted by Crippen LogP contribution is -2.27. The third-order valence-corrected chi connectivity index (χ3v) is 17.2. The maximum Gasteiger partial charge on any atom is 0.132 e. The van der Waals surface area contributed by atoms with Crippen LogP contribution in [0.2, 0.25) is 0 Å². The Morgan fingerprint density at radius 2 is 0.603 bits per heavy atom. The molecule has 16 bridgehead atoms.